The molecule has 1 unspecified atom stereocenters. The smallest absolute Gasteiger partial charge is 0.339 e. The highest BCUT2D eigenvalue weighted by molar-refractivity contribution is 6.30. The Morgan fingerprint density at radius 1 is 0.711 bits per heavy atom. The van der Waals surface area contributed by atoms with Crippen LogP contribution >= 0.6 is 11.6 Å². The number of H-pyrrole nitrogens is 2. The molecular weight excluding hydrogens is 582 g/mol. The highest BCUT2D eigenvalue weighted by Gasteiger charge is 2.29. The minimum Gasteiger partial charge on any atom is -0.444 e. The van der Waals surface area contributed by atoms with Gasteiger partial charge in [-0.15, -0.1) is 0 Å². The van der Waals surface area contributed by atoms with E-state index >= 15 is 0 Å². The topological polar surface area (TPSA) is 87.0 Å². The molecule has 7 rings (SSSR count). The average molecular weight is 616 g/mol. The largest absolute Gasteiger partial charge is 0.444 e. The first-order valence-electron chi connectivity index (χ1n) is 15.5. The number of esters is 1. The number of benzene rings is 4. The van der Waals surface area contributed by atoms with E-state index in [1.807, 2.05) is 36.4 Å². The maximum Gasteiger partial charge on any atom is 0.339 e. The molecule has 0 spiro atoms. The van der Waals surface area contributed by atoms with Gasteiger partial charge in [-0.1, -0.05) is 91.5 Å². The molecule has 2 heterocycles. The standard InChI is InChI=1S/C38H34ClN3O3/c39-27-20-18-25(19-21-27)36(37(43)42-28-8-2-1-3-9-28)45-38(44)26-16-14-24(15-17-26)35(31-22-40-33-12-6-4-10-29(31)33)32-23-41-34-13-7-5-11-30(32)34/h4-7,10-23,28,35-36,40-41H,1-3,8-9H2,(H,42,43). The lowest BCUT2D eigenvalue weighted by atomic mass is 9.84. The highest BCUT2D eigenvalue weighted by Crippen LogP contribution is 2.39. The number of fused-ring (bicyclic) bond motifs is 2. The molecule has 1 aliphatic carbocycles. The number of aromatic nitrogens is 2. The second kappa shape index (κ2) is 12.7. The summed E-state index contributed by atoms with van der Waals surface area (Å²) >= 11 is 6.12. The SMILES string of the molecule is O=C(OC(C(=O)NC1CCCCC1)c1ccc(Cl)cc1)c1ccc(C(c2c[nH]c3ccccc23)c2c[nH]c3ccccc23)cc1. The number of hydrogen-bond acceptors (Lipinski definition) is 3. The molecule has 0 aliphatic heterocycles. The van der Waals surface area contributed by atoms with E-state index in [9.17, 15) is 9.59 Å². The lowest BCUT2D eigenvalue weighted by Crippen LogP contribution is -2.40. The van der Waals surface area contributed by atoms with Crippen molar-refractivity contribution in [3.05, 3.63) is 142 Å². The Kier molecular flexibility index (Phi) is 8.14. The van der Waals surface area contributed by atoms with Crippen molar-refractivity contribution < 1.29 is 14.3 Å². The van der Waals surface area contributed by atoms with Crippen molar-refractivity contribution in [3.8, 4) is 0 Å². The Morgan fingerprint density at radius 2 is 1.27 bits per heavy atom. The summed E-state index contributed by atoms with van der Waals surface area (Å²) < 4.78 is 5.92. The minimum atomic E-state index is -1.08. The van der Waals surface area contributed by atoms with Gasteiger partial charge in [0.2, 0.25) is 6.10 Å². The second-order valence-corrected chi connectivity index (χ2v) is 12.3. The summed E-state index contributed by atoms with van der Waals surface area (Å²) in [5, 5.41) is 5.96. The minimum absolute atomic E-state index is 0.0880. The van der Waals surface area contributed by atoms with Gasteiger partial charge in [-0.3, -0.25) is 4.79 Å². The van der Waals surface area contributed by atoms with Gasteiger partial charge < -0.3 is 20.0 Å². The number of ether oxygens (including phenoxy) is 1. The van der Waals surface area contributed by atoms with Crippen LogP contribution in [-0.4, -0.2) is 27.9 Å². The van der Waals surface area contributed by atoms with Crippen LogP contribution in [0.1, 0.15) is 76.7 Å². The number of nitrogens with one attached hydrogen (secondary N) is 3. The van der Waals surface area contributed by atoms with Crippen LogP contribution in [0.5, 0.6) is 0 Å². The van der Waals surface area contributed by atoms with Crippen molar-refractivity contribution in [2.24, 2.45) is 0 Å². The van der Waals surface area contributed by atoms with Crippen molar-refractivity contribution in [1.82, 2.24) is 15.3 Å². The zero-order valence-corrected chi connectivity index (χ0v) is 25.5. The van der Waals surface area contributed by atoms with E-state index in [2.05, 4.69) is 51.9 Å². The maximum atomic E-state index is 13.5. The summed E-state index contributed by atoms with van der Waals surface area (Å²) in [5.74, 6) is -0.964. The molecule has 0 bridgehead atoms. The second-order valence-electron chi connectivity index (χ2n) is 11.8. The number of hydrogen-bond donors (Lipinski definition) is 3. The summed E-state index contributed by atoms with van der Waals surface area (Å²) in [6.07, 6.45) is 8.27. The van der Waals surface area contributed by atoms with Crippen LogP contribution in [0.15, 0.2) is 109 Å². The van der Waals surface area contributed by atoms with Crippen molar-refractivity contribution in [2.75, 3.05) is 0 Å². The zero-order chi connectivity index (χ0) is 30.8. The summed E-state index contributed by atoms with van der Waals surface area (Å²) in [6.45, 7) is 0. The van der Waals surface area contributed by atoms with Gasteiger partial charge in [0, 0.05) is 56.7 Å². The van der Waals surface area contributed by atoms with E-state index in [4.69, 9.17) is 16.3 Å². The number of para-hydroxylation sites is 2. The number of rotatable bonds is 8. The van der Waals surface area contributed by atoms with Crippen LogP contribution in [0, 0.1) is 0 Å². The fourth-order valence-electron chi connectivity index (χ4n) is 6.61. The van der Waals surface area contributed by atoms with E-state index in [0.717, 1.165) is 64.2 Å². The molecule has 4 aromatic carbocycles. The maximum absolute atomic E-state index is 13.5. The first kappa shape index (κ1) is 28.9. The van der Waals surface area contributed by atoms with Crippen molar-refractivity contribution in [3.63, 3.8) is 0 Å². The molecule has 1 aliphatic rings. The normalized spacial score (nSPS) is 14.5. The third-order valence-electron chi connectivity index (χ3n) is 8.93. The molecular formula is C38H34ClN3O3. The fourth-order valence-corrected chi connectivity index (χ4v) is 6.74. The zero-order valence-electron chi connectivity index (χ0n) is 24.8. The van der Waals surface area contributed by atoms with Gasteiger partial charge in [0.1, 0.15) is 0 Å². The predicted molar refractivity (Wildman–Crippen MR) is 179 cm³/mol. The summed E-state index contributed by atoms with van der Waals surface area (Å²) in [7, 11) is 0. The Morgan fingerprint density at radius 3 is 1.87 bits per heavy atom. The number of carbonyl (C=O) groups excluding carboxylic acids is 2. The molecule has 1 amide bonds. The first-order valence-corrected chi connectivity index (χ1v) is 15.9. The van der Waals surface area contributed by atoms with Crippen LogP contribution in [0.25, 0.3) is 21.8 Å². The van der Waals surface area contributed by atoms with Crippen molar-refractivity contribution in [1.29, 1.82) is 0 Å². The number of carbonyl (C=O) groups is 2. The Labute approximate surface area is 266 Å². The van der Waals surface area contributed by atoms with Crippen LogP contribution in [0.2, 0.25) is 5.02 Å². The Hall–Kier alpha value is -4.81. The summed E-state index contributed by atoms with van der Waals surface area (Å²) in [6, 6.07) is 31.0. The van der Waals surface area contributed by atoms with Gasteiger partial charge in [0.25, 0.3) is 5.91 Å². The molecule has 1 fully saturated rings. The van der Waals surface area contributed by atoms with Crippen molar-refractivity contribution >= 4 is 45.3 Å². The lowest BCUT2D eigenvalue weighted by Gasteiger charge is -2.26. The van der Waals surface area contributed by atoms with Gasteiger partial charge in [-0.05, 0) is 65.9 Å². The van der Waals surface area contributed by atoms with E-state index in [1.54, 1.807) is 36.4 Å². The van der Waals surface area contributed by atoms with E-state index in [-0.39, 0.29) is 17.9 Å². The fraction of sp³-hybridized carbons (Fsp3) is 0.211. The molecule has 3 N–H and O–H groups in total. The number of aromatic amines is 2. The Balaban J connectivity index is 1.19. The van der Waals surface area contributed by atoms with Crippen molar-refractivity contribution in [2.45, 2.75) is 50.2 Å². The predicted octanol–water partition coefficient (Wildman–Crippen LogP) is 8.83. The molecule has 0 saturated heterocycles. The molecule has 6 aromatic rings. The van der Waals surface area contributed by atoms with Gasteiger partial charge in [-0.25, -0.2) is 4.79 Å². The molecule has 1 saturated carbocycles. The van der Waals surface area contributed by atoms with Crippen LogP contribution in [0.3, 0.4) is 0 Å². The molecule has 1 atom stereocenters. The highest BCUT2D eigenvalue weighted by atomic mass is 35.5. The molecule has 0 radical (unpaired) electrons. The van der Waals surface area contributed by atoms with E-state index in [1.165, 1.54) is 6.42 Å². The van der Waals surface area contributed by atoms with Gasteiger partial charge >= 0.3 is 5.97 Å². The molecule has 7 heteroatoms. The summed E-state index contributed by atoms with van der Waals surface area (Å²) in [4.78, 5) is 33.9. The van der Waals surface area contributed by atoms with Gasteiger partial charge in [0.05, 0.1) is 5.56 Å². The van der Waals surface area contributed by atoms with E-state index in [0.29, 0.717) is 16.1 Å². The van der Waals surface area contributed by atoms with Crippen LogP contribution < -0.4 is 5.32 Å². The lowest BCUT2D eigenvalue weighted by molar-refractivity contribution is -0.131. The number of amides is 1. The number of halogens is 1. The first-order chi connectivity index (χ1) is 22.0. The third kappa shape index (κ3) is 5.98. The van der Waals surface area contributed by atoms with Crippen LogP contribution in [-0.2, 0) is 9.53 Å². The van der Waals surface area contributed by atoms with Gasteiger partial charge in [-0.2, -0.15) is 0 Å². The molecule has 6 nitrogen and oxygen atoms in total. The molecule has 226 valence electrons. The van der Waals surface area contributed by atoms with E-state index < -0.39 is 12.1 Å². The Bertz CT molecular complexity index is 1880. The summed E-state index contributed by atoms with van der Waals surface area (Å²) in [5.41, 5.74) is 6.41. The third-order valence-corrected chi connectivity index (χ3v) is 9.18. The molecule has 2 aromatic heterocycles. The van der Waals surface area contributed by atoms with Crippen LogP contribution in [0.4, 0.5) is 0 Å². The van der Waals surface area contributed by atoms with Gasteiger partial charge in [0.15, 0.2) is 0 Å². The quantitative estimate of drug-likeness (QED) is 0.150. The monoisotopic (exact) mass is 615 g/mol. The molecule has 45 heavy (non-hydrogen) atoms. The average Bonchev–Trinajstić information content (AvgIpc) is 3.70.